The first-order valence-corrected chi connectivity index (χ1v) is 6.54. The molecule has 0 aromatic heterocycles. The van der Waals surface area contributed by atoms with Gasteiger partial charge in [-0.15, -0.1) is 0 Å². The maximum absolute atomic E-state index is 5.04. The summed E-state index contributed by atoms with van der Waals surface area (Å²) in [5, 5.41) is 3.60. The van der Waals surface area contributed by atoms with Gasteiger partial charge in [0.15, 0.2) is 0 Å². The van der Waals surface area contributed by atoms with Gasteiger partial charge in [0.25, 0.3) is 0 Å². The SMILES string of the molecule is COCCCCNCC1(C)CCN(C)CC1. The van der Waals surface area contributed by atoms with Crippen molar-refractivity contribution in [1.82, 2.24) is 10.2 Å². The highest BCUT2D eigenvalue weighted by atomic mass is 16.5. The third-order valence-electron chi connectivity index (χ3n) is 3.70. The lowest BCUT2D eigenvalue weighted by molar-refractivity contribution is 0.136. The molecule has 0 aliphatic carbocycles. The molecule has 1 fully saturated rings. The van der Waals surface area contributed by atoms with Crippen LogP contribution in [0.1, 0.15) is 32.6 Å². The van der Waals surface area contributed by atoms with Crippen molar-refractivity contribution in [2.24, 2.45) is 5.41 Å². The molecule has 1 aliphatic rings. The van der Waals surface area contributed by atoms with E-state index < -0.39 is 0 Å². The van der Waals surface area contributed by atoms with Gasteiger partial charge in [0.05, 0.1) is 0 Å². The van der Waals surface area contributed by atoms with Gasteiger partial charge < -0.3 is 15.0 Å². The van der Waals surface area contributed by atoms with Gasteiger partial charge in [0.2, 0.25) is 0 Å². The monoisotopic (exact) mass is 228 g/mol. The van der Waals surface area contributed by atoms with Gasteiger partial charge in [-0.3, -0.25) is 0 Å². The van der Waals surface area contributed by atoms with Gasteiger partial charge in [-0.05, 0) is 57.8 Å². The van der Waals surface area contributed by atoms with Crippen LogP contribution in [0.15, 0.2) is 0 Å². The Morgan fingerprint density at radius 1 is 1.25 bits per heavy atom. The molecule has 16 heavy (non-hydrogen) atoms. The molecule has 0 aromatic rings. The van der Waals surface area contributed by atoms with Gasteiger partial charge in [-0.2, -0.15) is 0 Å². The van der Waals surface area contributed by atoms with Gasteiger partial charge in [-0.1, -0.05) is 6.92 Å². The molecule has 0 atom stereocenters. The maximum atomic E-state index is 5.04. The summed E-state index contributed by atoms with van der Waals surface area (Å²) < 4.78 is 5.04. The molecule has 0 bridgehead atoms. The van der Waals surface area contributed by atoms with Crippen LogP contribution in [0.3, 0.4) is 0 Å². The smallest absolute Gasteiger partial charge is 0.0462 e. The lowest BCUT2D eigenvalue weighted by Crippen LogP contribution is -2.42. The number of hydrogen-bond donors (Lipinski definition) is 1. The van der Waals surface area contributed by atoms with Crippen molar-refractivity contribution in [3.8, 4) is 0 Å². The largest absolute Gasteiger partial charge is 0.385 e. The van der Waals surface area contributed by atoms with Crippen molar-refractivity contribution >= 4 is 0 Å². The molecule has 3 nitrogen and oxygen atoms in total. The molecule has 1 heterocycles. The summed E-state index contributed by atoms with van der Waals surface area (Å²) in [5.41, 5.74) is 0.522. The second kappa shape index (κ2) is 7.25. The zero-order chi connectivity index (χ0) is 11.9. The fraction of sp³-hybridized carbons (Fsp3) is 1.00. The topological polar surface area (TPSA) is 24.5 Å². The van der Waals surface area contributed by atoms with Crippen LogP contribution >= 0.6 is 0 Å². The van der Waals surface area contributed by atoms with Crippen LogP contribution in [0.2, 0.25) is 0 Å². The average molecular weight is 228 g/mol. The van der Waals surface area contributed by atoms with Crippen LogP contribution in [0.5, 0.6) is 0 Å². The summed E-state index contributed by atoms with van der Waals surface area (Å²) in [4.78, 5) is 2.43. The fourth-order valence-corrected chi connectivity index (χ4v) is 2.22. The maximum Gasteiger partial charge on any atom is 0.0462 e. The molecule has 96 valence electrons. The van der Waals surface area contributed by atoms with Gasteiger partial charge >= 0.3 is 0 Å². The van der Waals surface area contributed by atoms with E-state index in [1.165, 1.54) is 45.3 Å². The highest BCUT2D eigenvalue weighted by molar-refractivity contribution is 4.83. The quantitative estimate of drug-likeness (QED) is 0.672. The number of hydrogen-bond acceptors (Lipinski definition) is 3. The lowest BCUT2D eigenvalue weighted by atomic mass is 9.80. The van der Waals surface area contributed by atoms with E-state index in [0.717, 1.165) is 13.2 Å². The molecule has 1 saturated heterocycles. The molecular weight excluding hydrogens is 200 g/mol. The average Bonchev–Trinajstić information content (AvgIpc) is 2.28. The van der Waals surface area contributed by atoms with Crippen molar-refractivity contribution in [2.75, 3.05) is 46.9 Å². The standard InChI is InChI=1S/C13H28N2O/c1-13(6-9-15(2)10-7-13)12-14-8-4-5-11-16-3/h14H,4-12H2,1-3H3. The summed E-state index contributed by atoms with van der Waals surface area (Å²) in [5.74, 6) is 0. The third-order valence-corrected chi connectivity index (χ3v) is 3.70. The summed E-state index contributed by atoms with van der Waals surface area (Å²) in [7, 11) is 3.99. The number of rotatable bonds is 7. The highest BCUT2D eigenvalue weighted by Crippen LogP contribution is 2.29. The molecular formula is C13H28N2O. The highest BCUT2D eigenvalue weighted by Gasteiger charge is 2.27. The Hall–Kier alpha value is -0.120. The van der Waals surface area contributed by atoms with Crippen LogP contribution in [0.25, 0.3) is 0 Å². The van der Waals surface area contributed by atoms with E-state index in [2.05, 4.69) is 24.2 Å². The van der Waals surface area contributed by atoms with Gasteiger partial charge in [-0.25, -0.2) is 0 Å². The van der Waals surface area contributed by atoms with E-state index >= 15 is 0 Å². The normalized spacial score (nSPS) is 21.2. The third kappa shape index (κ3) is 5.28. The van der Waals surface area contributed by atoms with Crippen molar-refractivity contribution < 1.29 is 4.74 Å². The number of unbranched alkanes of at least 4 members (excludes halogenated alkanes) is 1. The minimum atomic E-state index is 0.522. The van der Waals surface area contributed by atoms with Crippen LogP contribution in [0.4, 0.5) is 0 Å². The minimum Gasteiger partial charge on any atom is -0.385 e. The number of likely N-dealkylation sites (tertiary alicyclic amines) is 1. The van der Waals surface area contributed by atoms with Crippen LogP contribution in [0, 0.1) is 5.41 Å². The fourth-order valence-electron chi connectivity index (χ4n) is 2.22. The number of ether oxygens (including phenoxy) is 1. The second-order valence-corrected chi connectivity index (χ2v) is 5.49. The first kappa shape index (κ1) is 13.9. The molecule has 1 rings (SSSR count). The summed E-state index contributed by atoms with van der Waals surface area (Å²) in [6.07, 6.45) is 5.05. The Balaban J connectivity index is 2.03. The predicted molar refractivity (Wildman–Crippen MR) is 68.8 cm³/mol. The first-order valence-electron chi connectivity index (χ1n) is 6.54. The van der Waals surface area contributed by atoms with Crippen molar-refractivity contribution in [2.45, 2.75) is 32.6 Å². The molecule has 0 saturated carbocycles. The summed E-state index contributed by atoms with van der Waals surface area (Å²) in [6, 6.07) is 0. The van der Waals surface area contributed by atoms with Crippen LogP contribution < -0.4 is 5.32 Å². The predicted octanol–water partition coefficient (Wildman–Crippen LogP) is 1.73. The minimum absolute atomic E-state index is 0.522. The molecule has 0 amide bonds. The second-order valence-electron chi connectivity index (χ2n) is 5.49. The Morgan fingerprint density at radius 3 is 2.56 bits per heavy atom. The van der Waals surface area contributed by atoms with E-state index in [-0.39, 0.29) is 0 Å². The van der Waals surface area contributed by atoms with Crippen molar-refractivity contribution in [3.63, 3.8) is 0 Å². The van der Waals surface area contributed by atoms with E-state index in [1.807, 2.05) is 0 Å². The molecule has 0 aromatic carbocycles. The van der Waals surface area contributed by atoms with Gasteiger partial charge in [0.1, 0.15) is 0 Å². The Morgan fingerprint density at radius 2 is 1.94 bits per heavy atom. The Labute approximate surface area is 101 Å². The summed E-state index contributed by atoms with van der Waals surface area (Å²) >= 11 is 0. The van der Waals surface area contributed by atoms with Crippen LogP contribution in [-0.4, -0.2) is 51.8 Å². The van der Waals surface area contributed by atoms with E-state index in [1.54, 1.807) is 7.11 Å². The molecule has 1 N–H and O–H groups in total. The molecule has 0 radical (unpaired) electrons. The zero-order valence-corrected chi connectivity index (χ0v) is 11.2. The van der Waals surface area contributed by atoms with Crippen molar-refractivity contribution in [3.05, 3.63) is 0 Å². The van der Waals surface area contributed by atoms with Gasteiger partial charge in [0, 0.05) is 20.3 Å². The first-order chi connectivity index (χ1) is 7.66. The molecule has 3 heteroatoms. The van der Waals surface area contributed by atoms with E-state index in [4.69, 9.17) is 4.74 Å². The van der Waals surface area contributed by atoms with E-state index in [0.29, 0.717) is 5.41 Å². The Bertz CT molecular complexity index is 177. The van der Waals surface area contributed by atoms with E-state index in [9.17, 15) is 0 Å². The van der Waals surface area contributed by atoms with Crippen LogP contribution in [-0.2, 0) is 4.74 Å². The van der Waals surface area contributed by atoms with Crippen molar-refractivity contribution in [1.29, 1.82) is 0 Å². The molecule has 1 aliphatic heterocycles. The summed E-state index contributed by atoms with van der Waals surface area (Å²) in [6.45, 7) is 8.12. The zero-order valence-electron chi connectivity index (χ0n) is 11.2. The molecule has 0 unspecified atom stereocenters. The number of nitrogens with one attached hydrogen (secondary N) is 1. The number of methoxy groups -OCH3 is 1. The number of nitrogens with zero attached hydrogens (tertiary/aromatic N) is 1. The number of piperidine rings is 1. The lowest BCUT2D eigenvalue weighted by Gasteiger charge is -2.38. The molecule has 0 spiro atoms. The Kier molecular flexibility index (Phi) is 6.32.